The van der Waals surface area contributed by atoms with E-state index < -0.39 is 0 Å². The molecule has 6 heteroatoms. The Balaban J connectivity index is 1.52. The van der Waals surface area contributed by atoms with Crippen LogP contribution in [-0.4, -0.2) is 22.4 Å². The molecule has 0 aliphatic carbocycles. The van der Waals surface area contributed by atoms with Gasteiger partial charge in [0, 0.05) is 11.4 Å². The van der Waals surface area contributed by atoms with Crippen LogP contribution in [-0.2, 0) is 11.2 Å². The lowest BCUT2D eigenvalue weighted by molar-refractivity contribution is -0.118. The van der Waals surface area contributed by atoms with Crippen molar-refractivity contribution in [2.45, 2.75) is 20.3 Å². The second-order valence-electron chi connectivity index (χ2n) is 5.80. The topological polar surface area (TPSA) is 53.8 Å². The molecule has 0 aromatic heterocycles. The minimum atomic E-state index is -0.152. The lowest BCUT2D eigenvalue weighted by Crippen LogP contribution is -2.22. The molecule has 0 spiro atoms. The highest BCUT2D eigenvalue weighted by Crippen LogP contribution is 2.29. The van der Waals surface area contributed by atoms with Gasteiger partial charge in [0.05, 0.1) is 22.2 Å². The van der Waals surface area contributed by atoms with Crippen molar-refractivity contribution in [3.8, 4) is 0 Å². The number of aliphatic imine (C=N–C) groups is 1. The second-order valence-corrected chi connectivity index (χ2v) is 7.25. The van der Waals surface area contributed by atoms with Gasteiger partial charge in [-0.3, -0.25) is 4.79 Å². The Morgan fingerprint density at radius 3 is 2.88 bits per heavy atom. The highest BCUT2D eigenvalue weighted by molar-refractivity contribution is 8.14. The number of carbonyl (C=O) groups excluding carboxylic acids is 1. The zero-order chi connectivity index (χ0) is 17.8. The number of halogens is 1. The maximum absolute atomic E-state index is 12.0. The fourth-order valence-electron chi connectivity index (χ4n) is 2.40. The normalized spacial score (nSPS) is 13.4. The third-order valence-corrected chi connectivity index (χ3v) is 5.27. The van der Waals surface area contributed by atoms with Gasteiger partial charge in [-0.2, -0.15) is 5.10 Å². The molecule has 0 bridgehead atoms. The number of nitrogens with one attached hydrogen (secondary N) is 1. The Kier molecular flexibility index (Phi) is 5.56. The molecule has 0 unspecified atom stereocenters. The number of hydrogen-bond donors (Lipinski definition) is 1. The predicted octanol–water partition coefficient (Wildman–Crippen LogP) is 4.51. The van der Waals surface area contributed by atoms with E-state index in [2.05, 4.69) is 21.6 Å². The molecule has 1 aliphatic heterocycles. The van der Waals surface area contributed by atoms with Crippen LogP contribution in [0.5, 0.6) is 0 Å². The lowest BCUT2D eigenvalue weighted by atomic mass is 10.1. The highest BCUT2D eigenvalue weighted by atomic mass is 35.5. The van der Waals surface area contributed by atoms with Gasteiger partial charge in [0.1, 0.15) is 0 Å². The highest BCUT2D eigenvalue weighted by Gasteiger charge is 2.15. The van der Waals surface area contributed by atoms with Crippen LogP contribution >= 0.6 is 23.4 Å². The van der Waals surface area contributed by atoms with Crippen molar-refractivity contribution in [1.29, 1.82) is 0 Å². The molecule has 128 valence electrons. The molecule has 25 heavy (non-hydrogen) atoms. The Morgan fingerprint density at radius 2 is 2.12 bits per heavy atom. The number of nitrogens with zero attached hydrogens (tertiary/aromatic N) is 2. The number of hydrazone groups is 1. The van der Waals surface area contributed by atoms with Crippen LogP contribution in [0.15, 0.2) is 52.6 Å². The van der Waals surface area contributed by atoms with Gasteiger partial charge >= 0.3 is 0 Å². The summed E-state index contributed by atoms with van der Waals surface area (Å²) in [4.78, 5) is 16.5. The first-order chi connectivity index (χ1) is 12.0. The number of carbonyl (C=O) groups is 1. The molecule has 0 fully saturated rings. The maximum Gasteiger partial charge on any atom is 0.250 e. The average molecular weight is 372 g/mol. The van der Waals surface area contributed by atoms with Gasteiger partial charge in [0.15, 0.2) is 0 Å². The quantitative estimate of drug-likeness (QED) is 0.635. The molecule has 1 aliphatic rings. The van der Waals surface area contributed by atoms with E-state index in [-0.39, 0.29) is 11.7 Å². The van der Waals surface area contributed by atoms with Crippen LogP contribution in [0.4, 0.5) is 5.69 Å². The van der Waals surface area contributed by atoms with E-state index in [1.165, 1.54) is 17.3 Å². The van der Waals surface area contributed by atoms with E-state index in [1.54, 1.807) is 0 Å². The summed E-state index contributed by atoms with van der Waals surface area (Å²) >= 11 is 7.57. The van der Waals surface area contributed by atoms with Crippen LogP contribution in [0.25, 0.3) is 0 Å². The average Bonchev–Trinajstić information content (AvgIpc) is 3.03. The van der Waals surface area contributed by atoms with Crippen LogP contribution in [0.3, 0.4) is 0 Å². The van der Waals surface area contributed by atoms with Crippen molar-refractivity contribution < 1.29 is 4.79 Å². The Morgan fingerprint density at radius 1 is 1.32 bits per heavy atom. The van der Waals surface area contributed by atoms with E-state index in [0.717, 1.165) is 28.3 Å². The largest absolute Gasteiger partial charge is 0.272 e. The summed E-state index contributed by atoms with van der Waals surface area (Å²) in [5, 5.41) is 5.80. The van der Waals surface area contributed by atoms with E-state index >= 15 is 0 Å². The molecule has 0 atom stereocenters. The van der Waals surface area contributed by atoms with Gasteiger partial charge in [-0.25, -0.2) is 10.4 Å². The summed E-state index contributed by atoms with van der Waals surface area (Å²) in [7, 11) is 0. The molecule has 2 aromatic rings. The van der Waals surface area contributed by atoms with Crippen molar-refractivity contribution in [2.24, 2.45) is 10.1 Å². The number of para-hydroxylation sites is 1. The first kappa shape index (κ1) is 17.7. The number of amides is 1. The Hall–Kier alpha value is -2.11. The van der Waals surface area contributed by atoms with E-state index in [9.17, 15) is 4.79 Å². The third kappa shape index (κ3) is 4.50. The number of thioether (sulfide) groups is 1. The van der Waals surface area contributed by atoms with E-state index in [1.807, 2.05) is 50.2 Å². The number of hydrogen-bond acceptors (Lipinski definition) is 4. The third-order valence-electron chi connectivity index (χ3n) is 3.89. The van der Waals surface area contributed by atoms with Crippen molar-refractivity contribution in [2.75, 3.05) is 5.75 Å². The minimum absolute atomic E-state index is 0.152. The molecular formula is C19H18ClN3OS. The van der Waals surface area contributed by atoms with Crippen molar-refractivity contribution in [1.82, 2.24) is 5.43 Å². The molecule has 2 aromatic carbocycles. The number of rotatable bonds is 4. The maximum atomic E-state index is 12.0. The van der Waals surface area contributed by atoms with E-state index in [4.69, 9.17) is 11.6 Å². The SMILES string of the molecule is C/C(=N\NC(=O)CSC1=Nc2ccccc2C1)c1ccc(C)c(Cl)c1. The molecule has 0 saturated heterocycles. The molecule has 0 radical (unpaired) electrons. The summed E-state index contributed by atoms with van der Waals surface area (Å²) in [6.07, 6.45) is 0.790. The first-order valence-corrected chi connectivity index (χ1v) is 9.27. The van der Waals surface area contributed by atoms with Gasteiger partial charge in [-0.05, 0) is 42.7 Å². The van der Waals surface area contributed by atoms with Crippen molar-refractivity contribution in [3.05, 3.63) is 64.2 Å². The molecule has 3 rings (SSSR count). The molecule has 1 N–H and O–H groups in total. The van der Waals surface area contributed by atoms with Crippen molar-refractivity contribution in [3.63, 3.8) is 0 Å². The van der Waals surface area contributed by atoms with E-state index in [0.29, 0.717) is 10.7 Å². The lowest BCUT2D eigenvalue weighted by Gasteiger charge is -2.05. The Labute approximate surface area is 156 Å². The summed E-state index contributed by atoms with van der Waals surface area (Å²) in [5.74, 6) is 0.138. The van der Waals surface area contributed by atoms with Gasteiger partial charge < -0.3 is 0 Å². The monoisotopic (exact) mass is 371 g/mol. The number of aryl methyl sites for hydroxylation is 1. The van der Waals surface area contributed by atoms with Crippen LogP contribution in [0, 0.1) is 6.92 Å². The second kappa shape index (κ2) is 7.85. The van der Waals surface area contributed by atoms with Gasteiger partial charge in [-0.1, -0.05) is 41.9 Å². The molecule has 1 heterocycles. The molecule has 0 saturated carbocycles. The van der Waals surface area contributed by atoms with Gasteiger partial charge in [0.25, 0.3) is 0 Å². The van der Waals surface area contributed by atoms with Gasteiger partial charge in [-0.15, -0.1) is 11.8 Å². The number of fused-ring (bicyclic) bond motifs is 1. The summed E-state index contributed by atoms with van der Waals surface area (Å²) in [5.41, 5.74) is 7.40. The fourth-order valence-corrected chi connectivity index (χ4v) is 3.36. The molecule has 1 amide bonds. The summed E-state index contributed by atoms with van der Waals surface area (Å²) in [6, 6.07) is 13.7. The predicted molar refractivity (Wildman–Crippen MR) is 106 cm³/mol. The fraction of sp³-hybridized carbons (Fsp3) is 0.211. The van der Waals surface area contributed by atoms with Crippen LogP contribution in [0.2, 0.25) is 5.02 Å². The summed E-state index contributed by atoms with van der Waals surface area (Å²) in [6.45, 7) is 3.79. The Bertz CT molecular complexity index is 877. The van der Waals surface area contributed by atoms with Gasteiger partial charge in [0.2, 0.25) is 5.91 Å². The molecular weight excluding hydrogens is 354 g/mol. The zero-order valence-corrected chi connectivity index (χ0v) is 15.6. The first-order valence-electron chi connectivity index (χ1n) is 7.91. The summed E-state index contributed by atoms with van der Waals surface area (Å²) < 4.78 is 0. The van der Waals surface area contributed by atoms with Crippen LogP contribution < -0.4 is 5.43 Å². The molecule has 4 nitrogen and oxygen atoms in total. The van der Waals surface area contributed by atoms with Crippen molar-refractivity contribution >= 4 is 45.7 Å². The standard InChI is InChI=1S/C19H18ClN3OS/c1-12-7-8-14(9-16(12)20)13(2)22-23-18(24)11-25-19-10-15-5-3-4-6-17(15)21-19/h3-9H,10-11H2,1-2H3,(H,23,24)/b22-13+. The number of benzene rings is 2. The minimum Gasteiger partial charge on any atom is -0.272 e. The zero-order valence-electron chi connectivity index (χ0n) is 14.0. The smallest absolute Gasteiger partial charge is 0.250 e. The van der Waals surface area contributed by atoms with Crippen LogP contribution in [0.1, 0.15) is 23.6 Å².